The molecule has 0 aliphatic rings. The van der Waals surface area contributed by atoms with Crippen molar-refractivity contribution in [3.8, 4) is 0 Å². The zero-order valence-electron chi connectivity index (χ0n) is 13.2. The minimum Gasteiger partial charge on any atom is -0.467 e. The maximum Gasteiger partial charge on any atom is 0.274 e. The minimum atomic E-state index is -0.429. The van der Waals surface area contributed by atoms with Crippen molar-refractivity contribution in [1.29, 1.82) is 0 Å². The highest BCUT2D eigenvalue weighted by Crippen LogP contribution is 2.30. The molecular weight excluding hydrogens is 363 g/mol. The fraction of sp³-hybridized carbons (Fsp3) is 0.118. The van der Waals surface area contributed by atoms with E-state index in [1.807, 2.05) is 6.07 Å². The largest absolute Gasteiger partial charge is 0.467 e. The van der Waals surface area contributed by atoms with E-state index < -0.39 is 5.91 Å². The first kappa shape index (κ1) is 17.3. The standard InChI is InChI=1S/C17H14Cl2N4O2/c1-10-21-14(8-15(22-10)20-9-11-4-3-7-25-11)17(24)23-16-12(18)5-2-6-13(16)19/h2-8H,9H2,1H3,(H,23,24)(H,20,21,22). The zero-order valence-corrected chi connectivity index (χ0v) is 14.7. The van der Waals surface area contributed by atoms with E-state index >= 15 is 0 Å². The Labute approximate surface area is 154 Å². The number of aromatic nitrogens is 2. The van der Waals surface area contributed by atoms with Gasteiger partial charge in [-0.15, -0.1) is 0 Å². The van der Waals surface area contributed by atoms with Crippen LogP contribution in [0.1, 0.15) is 22.1 Å². The van der Waals surface area contributed by atoms with Crippen LogP contribution in [0.4, 0.5) is 11.5 Å². The number of benzene rings is 1. The van der Waals surface area contributed by atoms with Gasteiger partial charge < -0.3 is 15.1 Å². The monoisotopic (exact) mass is 376 g/mol. The molecule has 2 aromatic heterocycles. The van der Waals surface area contributed by atoms with E-state index in [1.54, 1.807) is 43.5 Å². The molecule has 0 bridgehead atoms. The fourth-order valence-electron chi connectivity index (χ4n) is 2.16. The predicted octanol–water partition coefficient (Wildman–Crippen LogP) is 4.55. The van der Waals surface area contributed by atoms with E-state index in [9.17, 15) is 4.79 Å². The summed E-state index contributed by atoms with van der Waals surface area (Å²) in [4.78, 5) is 20.9. The van der Waals surface area contributed by atoms with Crippen molar-refractivity contribution in [2.45, 2.75) is 13.5 Å². The van der Waals surface area contributed by atoms with Crippen molar-refractivity contribution in [1.82, 2.24) is 9.97 Å². The molecular formula is C17H14Cl2N4O2. The molecule has 25 heavy (non-hydrogen) atoms. The van der Waals surface area contributed by atoms with Crippen molar-refractivity contribution >= 4 is 40.6 Å². The van der Waals surface area contributed by atoms with Crippen molar-refractivity contribution < 1.29 is 9.21 Å². The molecule has 0 aliphatic heterocycles. The van der Waals surface area contributed by atoms with Crippen molar-refractivity contribution in [3.05, 3.63) is 70.0 Å². The Hall–Kier alpha value is -2.57. The van der Waals surface area contributed by atoms with Gasteiger partial charge in [-0.1, -0.05) is 29.3 Å². The van der Waals surface area contributed by atoms with E-state index in [0.717, 1.165) is 5.76 Å². The average Bonchev–Trinajstić information content (AvgIpc) is 3.09. The second-order valence-electron chi connectivity index (χ2n) is 5.17. The summed E-state index contributed by atoms with van der Waals surface area (Å²) in [7, 11) is 0. The molecule has 0 saturated carbocycles. The van der Waals surface area contributed by atoms with Crippen LogP contribution >= 0.6 is 23.2 Å². The molecule has 128 valence electrons. The molecule has 3 rings (SSSR count). The van der Waals surface area contributed by atoms with Crippen molar-refractivity contribution in [2.24, 2.45) is 0 Å². The van der Waals surface area contributed by atoms with Gasteiger partial charge in [0, 0.05) is 6.07 Å². The van der Waals surface area contributed by atoms with Crippen molar-refractivity contribution in [2.75, 3.05) is 10.6 Å². The van der Waals surface area contributed by atoms with Crippen LogP contribution in [0.2, 0.25) is 10.0 Å². The first-order chi connectivity index (χ1) is 12.0. The van der Waals surface area contributed by atoms with Gasteiger partial charge in [-0.05, 0) is 31.2 Å². The number of rotatable bonds is 5. The lowest BCUT2D eigenvalue weighted by Crippen LogP contribution is -2.16. The number of nitrogens with zero attached hydrogens (tertiary/aromatic N) is 2. The number of aryl methyl sites for hydroxylation is 1. The molecule has 3 aromatic rings. The maximum absolute atomic E-state index is 12.5. The molecule has 6 nitrogen and oxygen atoms in total. The van der Waals surface area contributed by atoms with Gasteiger partial charge >= 0.3 is 0 Å². The number of nitrogens with one attached hydrogen (secondary N) is 2. The van der Waals surface area contributed by atoms with Gasteiger partial charge in [0.1, 0.15) is 23.1 Å². The summed E-state index contributed by atoms with van der Waals surface area (Å²) >= 11 is 12.2. The van der Waals surface area contributed by atoms with E-state index in [4.69, 9.17) is 27.6 Å². The number of carbonyl (C=O) groups is 1. The normalized spacial score (nSPS) is 10.5. The van der Waals surface area contributed by atoms with Crippen LogP contribution in [0.5, 0.6) is 0 Å². The zero-order chi connectivity index (χ0) is 17.8. The van der Waals surface area contributed by atoms with Crippen LogP contribution in [0, 0.1) is 6.92 Å². The number of para-hydroxylation sites is 1. The third-order valence-electron chi connectivity index (χ3n) is 3.30. The Kier molecular flexibility index (Phi) is 5.21. The first-order valence-electron chi connectivity index (χ1n) is 7.40. The van der Waals surface area contributed by atoms with Gasteiger partial charge in [0.15, 0.2) is 0 Å². The quantitative estimate of drug-likeness (QED) is 0.682. The number of hydrogen-bond donors (Lipinski definition) is 2. The summed E-state index contributed by atoms with van der Waals surface area (Å²) in [6, 6.07) is 10.2. The molecule has 0 unspecified atom stereocenters. The molecule has 0 fully saturated rings. The van der Waals surface area contributed by atoms with Gasteiger partial charge in [0.25, 0.3) is 5.91 Å². The number of carbonyl (C=O) groups excluding carboxylic acids is 1. The summed E-state index contributed by atoms with van der Waals surface area (Å²) in [5.41, 5.74) is 0.544. The molecule has 0 atom stereocenters. The second-order valence-corrected chi connectivity index (χ2v) is 5.98. The second kappa shape index (κ2) is 7.55. The Balaban J connectivity index is 1.78. The number of furan rings is 1. The van der Waals surface area contributed by atoms with Gasteiger partial charge in [-0.2, -0.15) is 0 Å². The lowest BCUT2D eigenvalue weighted by Gasteiger charge is -2.10. The van der Waals surface area contributed by atoms with Gasteiger partial charge in [-0.25, -0.2) is 9.97 Å². The molecule has 2 N–H and O–H groups in total. The average molecular weight is 377 g/mol. The van der Waals surface area contributed by atoms with Crippen LogP contribution in [-0.4, -0.2) is 15.9 Å². The summed E-state index contributed by atoms with van der Waals surface area (Å²) in [6.07, 6.45) is 1.59. The van der Waals surface area contributed by atoms with Gasteiger partial charge in [-0.3, -0.25) is 4.79 Å². The Morgan fingerprint density at radius 3 is 2.60 bits per heavy atom. The van der Waals surface area contributed by atoms with E-state index in [2.05, 4.69) is 20.6 Å². The van der Waals surface area contributed by atoms with Gasteiger partial charge in [0.05, 0.1) is 28.5 Å². The summed E-state index contributed by atoms with van der Waals surface area (Å²) in [5.74, 6) is 1.30. The summed E-state index contributed by atoms with van der Waals surface area (Å²) in [5, 5.41) is 6.47. The number of halogens is 2. The molecule has 1 aromatic carbocycles. The van der Waals surface area contributed by atoms with E-state index in [0.29, 0.717) is 33.9 Å². The molecule has 0 aliphatic carbocycles. The van der Waals surface area contributed by atoms with Crippen LogP contribution < -0.4 is 10.6 Å². The van der Waals surface area contributed by atoms with E-state index in [-0.39, 0.29) is 5.69 Å². The molecule has 8 heteroatoms. The molecule has 0 radical (unpaired) electrons. The Morgan fingerprint density at radius 1 is 1.16 bits per heavy atom. The molecule has 2 heterocycles. The highest BCUT2D eigenvalue weighted by Gasteiger charge is 2.14. The van der Waals surface area contributed by atoms with E-state index in [1.165, 1.54) is 0 Å². The van der Waals surface area contributed by atoms with Crippen molar-refractivity contribution in [3.63, 3.8) is 0 Å². The minimum absolute atomic E-state index is 0.199. The third-order valence-corrected chi connectivity index (χ3v) is 3.93. The molecule has 0 spiro atoms. The lowest BCUT2D eigenvalue weighted by molar-refractivity contribution is 0.102. The number of amides is 1. The third kappa shape index (κ3) is 4.29. The predicted molar refractivity (Wildman–Crippen MR) is 97.2 cm³/mol. The highest BCUT2D eigenvalue weighted by atomic mass is 35.5. The van der Waals surface area contributed by atoms with Gasteiger partial charge in [0.2, 0.25) is 0 Å². The smallest absolute Gasteiger partial charge is 0.274 e. The highest BCUT2D eigenvalue weighted by molar-refractivity contribution is 6.40. The summed E-state index contributed by atoms with van der Waals surface area (Å²) in [6.45, 7) is 2.15. The SMILES string of the molecule is Cc1nc(NCc2ccco2)cc(C(=O)Nc2c(Cl)cccc2Cl)n1. The van der Waals surface area contributed by atoms with Crippen LogP contribution in [0.3, 0.4) is 0 Å². The lowest BCUT2D eigenvalue weighted by atomic mass is 10.3. The number of anilines is 2. The summed E-state index contributed by atoms with van der Waals surface area (Å²) < 4.78 is 5.25. The molecule has 0 saturated heterocycles. The van der Waals surface area contributed by atoms with Crippen LogP contribution in [-0.2, 0) is 6.54 Å². The van der Waals surface area contributed by atoms with Crippen LogP contribution in [0.25, 0.3) is 0 Å². The van der Waals surface area contributed by atoms with Crippen LogP contribution in [0.15, 0.2) is 47.1 Å². The topological polar surface area (TPSA) is 80.0 Å². The maximum atomic E-state index is 12.5. The first-order valence-corrected chi connectivity index (χ1v) is 8.16. The number of hydrogen-bond acceptors (Lipinski definition) is 5. The fourth-order valence-corrected chi connectivity index (χ4v) is 2.65. The Bertz CT molecular complexity index is 877. The molecule has 1 amide bonds. The Morgan fingerprint density at radius 2 is 1.92 bits per heavy atom.